The van der Waals surface area contributed by atoms with Gasteiger partial charge in [-0.05, 0) is 36.6 Å². The van der Waals surface area contributed by atoms with E-state index in [-0.39, 0.29) is 23.6 Å². The molecule has 23 heavy (non-hydrogen) atoms. The maximum absolute atomic E-state index is 11.3. The molecule has 0 heterocycles. The molecule has 0 fully saturated rings. The van der Waals surface area contributed by atoms with Gasteiger partial charge < -0.3 is 10.4 Å². The highest BCUT2D eigenvalue weighted by atomic mass is 32.2. The molecule has 0 radical (unpaired) electrons. The standard InChI is InChI=1S/C17H22N2O3S/c1-13(14-7-9-16(10-8-14)23(18,21)22)19-17(11-12-20)15-5-3-2-4-6-15/h2-10,13,17,19-20H,11-12H2,1H3,(H2,18,21,22)/t13?,17-/m1/s1. The minimum atomic E-state index is -3.67. The van der Waals surface area contributed by atoms with Crippen molar-refractivity contribution < 1.29 is 13.5 Å². The Balaban J connectivity index is 2.14. The minimum Gasteiger partial charge on any atom is -0.396 e. The molecular formula is C17H22N2O3S. The second kappa shape index (κ2) is 7.70. The molecule has 2 aromatic carbocycles. The zero-order chi connectivity index (χ0) is 16.9. The lowest BCUT2D eigenvalue weighted by Crippen LogP contribution is -2.25. The van der Waals surface area contributed by atoms with Crippen molar-refractivity contribution >= 4 is 10.0 Å². The van der Waals surface area contributed by atoms with Gasteiger partial charge in [0.15, 0.2) is 0 Å². The number of aliphatic hydroxyl groups excluding tert-OH is 1. The predicted octanol–water partition coefficient (Wildman–Crippen LogP) is 2.11. The van der Waals surface area contributed by atoms with Crippen molar-refractivity contribution in [2.24, 2.45) is 5.14 Å². The summed E-state index contributed by atoms with van der Waals surface area (Å²) in [5.74, 6) is 0. The first-order chi connectivity index (χ1) is 10.9. The second-order valence-electron chi connectivity index (χ2n) is 5.48. The number of rotatable bonds is 7. The Kier molecular flexibility index (Phi) is 5.90. The molecule has 0 saturated carbocycles. The summed E-state index contributed by atoms with van der Waals surface area (Å²) in [6, 6.07) is 16.5. The summed E-state index contributed by atoms with van der Waals surface area (Å²) in [4.78, 5) is 0.100. The van der Waals surface area contributed by atoms with E-state index in [2.05, 4.69) is 5.32 Å². The van der Waals surface area contributed by atoms with E-state index in [0.29, 0.717) is 6.42 Å². The minimum absolute atomic E-state index is 0.00119. The zero-order valence-electron chi connectivity index (χ0n) is 13.0. The van der Waals surface area contributed by atoms with Crippen LogP contribution < -0.4 is 10.5 Å². The average Bonchev–Trinajstić information content (AvgIpc) is 2.54. The molecule has 0 aliphatic carbocycles. The van der Waals surface area contributed by atoms with Gasteiger partial charge in [-0.3, -0.25) is 0 Å². The van der Waals surface area contributed by atoms with E-state index in [1.807, 2.05) is 37.3 Å². The Bertz CT molecular complexity index is 715. The molecule has 0 aliphatic heterocycles. The highest BCUT2D eigenvalue weighted by Gasteiger charge is 2.15. The van der Waals surface area contributed by atoms with Crippen LogP contribution in [-0.4, -0.2) is 20.1 Å². The van der Waals surface area contributed by atoms with Crippen molar-refractivity contribution in [3.63, 3.8) is 0 Å². The number of hydrogen-bond acceptors (Lipinski definition) is 4. The summed E-state index contributed by atoms with van der Waals surface area (Å²) in [7, 11) is -3.67. The van der Waals surface area contributed by atoms with Gasteiger partial charge in [-0.1, -0.05) is 42.5 Å². The summed E-state index contributed by atoms with van der Waals surface area (Å²) < 4.78 is 22.6. The largest absolute Gasteiger partial charge is 0.396 e. The van der Waals surface area contributed by atoms with Crippen molar-refractivity contribution in [2.75, 3.05) is 6.61 Å². The number of benzene rings is 2. The van der Waals surface area contributed by atoms with Crippen LogP contribution in [0.5, 0.6) is 0 Å². The van der Waals surface area contributed by atoms with Gasteiger partial charge in [0.1, 0.15) is 0 Å². The third kappa shape index (κ3) is 4.87. The molecule has 5 nitrogen and oxygen atoms in total. The van der Waals surface area contributed by atoms with Gasteiger partial charge in [-0.2, -0.15) is 0 Å². The van der Waals surface area contributed by atoms with Crippen LogP contribution >= 0.6 is 0 Å². The lowest BCUT2D eigenvalue weighted by Gasteiger charge is -2.23. The Morgan fingerprint density at radius 1 is 1.04 bits per heavy atom. The molecule has 1 unspecified atom stereocenters. The molecule has 0 saturated heterocycles. The van der Waals surface area contributed by atoms with Gasteiger partial charge in [0.2, 0.25) is 10.0 Å². The lowest BCUT2D eigenvalue weighted by atomic mass is 10.0. The average molecular weight is 334 g/mol. The second-order valence-corrected chi connectivity index (χ2v) is 7.04. The van der Waals surface area contributed by atoms with E-state index in [0.717, 1.165) is 11.1 Å². The number of sulfonamides is 1. The third-order valence-corrected chi connectivity index (χ3v) is 4.71. The van der Waals surface area contributed by atoms with Crippen molar-refractivity contribution in [1.82, 2.24) is 5.32 Å². The number of primary sulfonamides is 1. The highest BCUT2D eigenvalue weighted by molar-refractivity contribution is 7.89. The Morgan fingerprint density at radius 3 is 2.17 bits per heavy atom. The van der Waals surface area contributed by atoms with Crippen LogP contribution in [0.15, 0.2) is 59.5 Å². The first-order valence-electron chi connectivity index (χ1n) is 7.46. The fraction of sp³-hybridized carbons (Fsp3) is 0.294. The van der Waals surface area contributed by atoms with Crippen molar-refractivity contribution in [1.29, 1.82) is 0 Å². The Morgan fingerprint density at radius 2 is 1.65 bits per heavy atom. The molecule has 2 atom stereocenters. The fourth-order valence-corrected chi connectivity index (χ4v) is 3.02. The monoisotopic (exact) mass is 334 g/mol. The molecule has 0 aliphatic rings. The summed E-state index contributed by atoms with van der Waals surface area (Å²) >= 11 is 0. The van der Waals surface area contributed by atoms with Crippen LogP contribution in [0.1, 0.15) is 36.6 Å². The maximum Gasteiger partial charge on any atom is 0.238 e. The first-order valence-corrected chi connectivity index (χ1v) is 9.01. The van der Waals surface area contributed by atoms with Gasteiger partial charge in [0.25, 0.3) is 0 Å². The fourth-order valence-electron chi connectivity index (χ4n) is 2.50. The Hall–Kier alpha value is -1.73. The predicted molar refractivity (Wildman–Crippen MR) is 90.3 cm³/mol. The van der Waals surface area contributed by atoms with Crippen LogP contribution in [0.2, 0.25) is 0 Å². The molecule has 6 heteroatoms. The molecule has 2 aromatic rings. The number of nitrogens with two attached hydrogens (primary N) is 1. The van der Waals surface area contributed by atoms with E-state index in [1.54, 1.807) is 12.1 Å². The van der Waals surface area contributed by atoms with Gasteiger partial charge in [0, 0.05) is 18.7 Å². The molecule has 0 aromatic heterocycles. The van der Waals surface area contributed by atoms with Crippen LogP contribution in [0.3, 0.4) is 0 Å². The maximum atomic E-state index is 11.3. The number of aliphatic hydroxyl groups is 1. The van der Waals surface area contributed by atoms with Gasteiger partial charge in [-0.25, -0.2) is 13.6 Å². The quantitative estimate of drug-likeness (QED) is 0.723. The van der Waals surface area contributed by atoms with Crippen molar-refractivity contribution in [3.8, 4) is 0 Å². The van der Waals surface area contributed by atoms with E-state index < -0.39 is 10.0 Å². The van der Waals surface area contributed by atoms with E-state index in [4.69, 9.17) is 5.14 Å². The topological polar surface area (TPSA) is 92.4 Å². The third-order valence-electron chi connectivity index (χ3n) is 3.78. The van der Waals surface area contributed by atoms with Gasteiger partial charge in [-0.15, -0.1) is 0 Å². The molecule has 2 rings (SSSR count). The van der Waals surface area contributed by atoms with E-state index in [1.165, 1.54) is 12.1 Å². The molecule has 124 valence electrons. The van der Waals surface area contributed by atoms with Crippen LogP contribution in [-0.2, 0) is 10.0 Å². The van der Waals surface area contributed by atoms with Gasteiger partial charge in [0.05, 0.1) is 4.90 Å². The SMILES string of the molecule is CC(N[C@H](CCO)c1ccccc1)c1ccc(S(N)(=O)=O)cc1. The summed E-state index contributed by atoms with van der Waals surface area (Å²) in [5.41, 5.74) is 2.06. The van der Waals surface area contributed by atoms with Crippen molar-refractivity contribution in [2.45, 2.75) is 30.3 Å². The number of hydrogen-bond donors (Lipinski definition) is 3. The van der Waals surface area contributed by atoms with E-state index >= 15 is 0 Å². The van der Waals surface area contributed by atoms with Crippen molar-refractivity contribution in [3.05, 3.63) is 65.7 Å². The molecule has 0 amide bonds. The summed E-state index contributed by atoms with van der Waals surface area (Å²) in [6.07, 6.45) is 0.601. The molecule has 0 bridgehead atoms. The van der Waals surface area contributed by atoms with E-state index in [9.17, 15) is 13.5 Å². The molecule has 4 N–H and O–H groups in total. The van der Waals surface area contributed by atoms with Gasteiger partial charge >= 0.3 is 0 Å². The lowest BCUT2D eigenvalue weighted by molar-refractivity contribution is 0.260. The summed E-state index contributed by atoms with van der Waals surface area (Å²) in [5, 5.41) is 17.9. The van der Waals surface area contributed by atoms with Crippen LogP contribution in [0.4, 0.5) is 0 Å². The zero-order valence-corrected chi connectivity index (χ0v) is 13.8. The summed E-state index contributed by atoms with van der Waals surface area (Å²) in [6.45, 7) is 2.09. The smallest absolute Gasteiger partial charge is 0.238 e. The van der Waals surface area contributed by atoms with Crippen LogP contribution in [0.25, 0.3) is 0 Å². The van der Waals surface area contributed by atoms with Crippen LogP contribution in [0, 0.1) is 0 Å². The highest BCUT2D eigenvalue weighted by Crippen LogP contribution is 2.22. The molecular weight excluding hydrogens is 312 g/mol. The Labute approximate surface area is 137 Å². The first kappa shape index (κ1) is 17.6. The number of nitrogens with one attached hydrogen (secondary N) is 1. The molecule has 0 spiro atoms. The normalized spacial score (nSPS) is 14.4.